The Morgan fingerprint density at radius 2 is 0.885 bits per heavy atom. The summed E-state index contributed by atoms with van der Waals surface area (Å²) in [6.07, 6.45) is 46.0. The predicted molar refractivity (Wildman–Crippen MR) is 209 cm³/mol. The molecule has 12 fully saturated rings. The lowest BCUT2D eigenvalue weighted by atomic mass is 9.53. The van der Waals surface area contributed by atoms with Gasteiger partial charge in [0, 0.05) is 24.0 Å². The molecule has 290 valence electrons. The van der Waals surface area contributed by atoms with Crippen LogP contribution in [-0.4, -0.2) is 47.4 Å². The second-order valence-electron chi connectivity index (χ2n) is 22.3. The minimum Gasteiger partial charge on any atom is -0.374 e. The molecule has 0 radical (unpaired) electrons. The van der Waals surface area contributed by atoms with Crippen LogP contribution in [0.1, 0.15) is 186 Å². The van der Waals surface area contributed by atoms with Crippen LogP contribution in [0.5, 0.6) is 0 Å². The average Bonchev–Trinajstić information content (AvgIpc) is 3.94. The molecule has 0 N–H and O–H groups in total. The van der Waals surface area contributed by atoms with Crippen molar-refractivity contribution in [2.45, 2.75) is 229 Å². The third-order valence-corrected chi connectivity index (χ3v) is 21.1. The number of fused-ring (bicyclic) bond motifs is 17. The molecule has 3 heteroatoms. The Morgan fingerprint density at radius 1 is 0.327 bits per heavy atom. The lowest BCUT2D eigenvalue weighted by Gasteiger charge is -2.56. The van der Waals surface area contributed by atoms with Gasteiger partial charge in [0.2, 0.25) is 0 Å². The smallest absolute Gasteiger partial charge is 0.0766 e. The van der Waals surface area contributed by atoms with Crippen LogP contribution in [0.4, 0.5) is 0 Å². The fourth-order valence-corrected chi connectivity index (χ4v) is 20.2. The highest BCUT2D eigenvalue weighted by molar-refractivity contribution is 5.22. The van der Waals surface area contributed by atoms with Gasteiger partial charge in [-0.3, -0.25) is 4.90 Å². The van der Waals surface area contributed by atoms with Crippen molar-refractivity contribution < 1.29 is 9.47 Å². The Kier molecular flexibility index (Phi) is 8.81. The first-order valence-corrected chi connectivity index (χ1v) is 24.9. The van der Waals surface area contributed by atoms with E-state index in [2.05, 4.69) is 4.90 Å². The van der Waals surface area contributed by atoms with E-state index in [9.17, 15) is 0 Å². The SMILES string of the molecule is C1CCC(N(C2CCCC3C4CCC5OC6CCCCC6C5C4OC32)C2CCCC3C2C2CCCCC2C32C3CCCCC3C3CCCCC32)CC1. The molecule has 12 rings (SSSR count). The first-order valence-electron chi connectivity index (χ1n) is 24.9. The lowest BCUT2D eigenvalue weighted by Crippen LogP contribution is -2.61. The summed E-state index contributed by atoms with van der Waals surface area (Å²) in [4.78, 5) is 3.46. The van der Waals surface area contributed by atoms with Crippen LogP contribution in [0.25, 0.3) is 0 Å². The molecule has 0 amide bonds. The van der Waals surface area contributed by atoms with Gasteiger partial charge in [-0.2, -0.15) is 0 Å². The highest BCUT2D eigenvalue weighted by Gasteiger charge is 2.73. The van der Waals surface area contributed by atoms with E-state index in [1.165, 1.54) is 96.3 Å². The number of rotatable bonds is 3. The van der Waals surface area contributed by atoms with Crippen molar-refractivity contribution in [3.05, 3.63) is 0 Å². The maximum absolute atomic E-state index is 7.84. The summed E-state index contributed by atoms with van der Waals surface area (Å²) in [6.45, 7) is 0. The molecule has 18 atom stereocenters. The van der Waals surface area contributed by atoms with Crippen molar-refractivity contribution in [3.8, 4) is 0 Å². The van der Waals surface area contributed by atoms with Crippen LogP contribution in [-0.2, 0) is 9.47 Å². The van der Waals surface area contributed by atoms with Crippen molar-refractivity contribution in [1.29, 1.82) is 0 Å². The summed E-state index contributed by atoms with van der Waals surface area (Å²) in [5.74, 6) is 11.8. The molecule has 2 aliphatic heterocycles. The van der Waals surface area contributed by atoms with Gasteiger partial charge in [-0.1, -0.05) is 83.5 Å². The molecule has 3 nitrogen and oxygen atoms in total. The average molecular weight is 712 g/mol. The van der Waals surface area contributed by atoms with Gasteiger partial charge in [0.25, 0.3) is 0 Å². The molecule has 0 bridgehead atoms. The highest BCUT2D eigenvalue weighted by atomic mass is 16.5. The van der Waals surface area contributed by atoms with Gasteiger partial charge in [0.15, 0.2) is 0 Å². The molecule has 0 aromatic rings. The standard InChI is InChI=1S/C49H77NO2/c1-2-14-30(15-3-1)50(42-26-12-20-33-34-28-29-44-46(48(34)52-47(33)42)36-19-7-11-27-43(36)51-44)41-25-13-24-40-45(41)35-18-6-10-23-39(35)49(40)37-21-8-4-16-31(37)32-17-5-9-22-38(32)49/h30-48H,1-29H2. The maximum atomic E-state index is 7.84. The zero-order valence-corrected chi connectivity index (χ0v) is 33.2. The van der Waals surface area contributed by atoms with Gasteiger partial charge in [-0.25, -0.2) is 0 Å². The Labute approximate surface area is 318 Å². The zero-order valence-electron chi connectivity index (χ0n) is 33.2. The van der Waals surface area contributed by atoms with E-state index < -0.39 is 0 Å². The first-order chi connectivity index (χ1) is 25.8. The molecular formula is C49H77NO2. The number of ether oxygens (including phenoxy) is 2. The predicted octanol–water partition coefficient (Wildman–Crippen LogP) is 11.8. The third kappa shape index (κ3) is 4.84. The monoisotopic (exact) mass is 712 g/mol. The van der Waals surface area contributed by atoms with Crippen LogP contribution < -0.4 is 0 Å². The lowest BCUT2D eigenvalue weighted by molar-refractivity contribution is -0.116. The molecule has 12 aliphatic rings. The van der Waals surface area contributed by atoms with Gasteiger partial charge in [-0.05, 0) is 173 Å². The van der Waals surface area contributed by atoms with Gasteiger partial charge in [0.1, 0.15) is 0 Å². The third-order valence-electron chi connectivity index (χ3n) is 21.1. The Balaban J connectivity index is 0.919. The van der Waals surface area contributed by atoms with Gasteiger partial charge in [-0.15, -0.1) is 0 Å². The topological polar surface area (TPSA) is 21.7 Å². The largest absolute Gasteiger partial charge is 0.374 e. The van der Waals surface area contributed by atoms with Crippen LogP contribution in [0, 0.1) is 76.4 Å². The van der Waals surface area contributed by atoms with Crippen molar-refractivity contribution in [3.63, 3.8) is 0 Å². The van der Waals surface area contributed by atoms with E-state index in [1.54, 1.807) is 89.9 Å². The van der Waals surface area contributed by atoms with E-state index in [4.69, 9.17) is 9.47 Å². The first kappa shape index (κ1) is 34.0. The summed E-state index contributed by atoms with van der Waals surface area (Å²) >= 11 is 0. The van der Waals surface area contributed by atoms with Gasteiger partial charge < -0.3 is 9.47 Å². The molecule has 0 aromatic carbocycles. The number of hydrogen-bond donors (Lipinski definition) is 0. The summed E-state index contributed by atoms with van der Waals surface area (Å²) < 4.78 is 14.8. The second-order valence-corrected chi connectivity index (χ2v) is 22.3. The summed E-state index contributed by atoms with van der Waals surface area (Å²) in [7, 11) is 0. The van der Waals surface area contributed by atoms with E-state index in [0.29, 0.717) is 36.4 Å². The van der Waals surface area contributed by atoms with E-state index >= 15 is 0 Å². The van der Waals surface area contributed by atoms with Gasteiger partial charge >= 0.3 is 0 Å². The summed E-state index contributed by atoms with van der Waals surface area (Å²) in [6, 6.07) is 2.40. The summed E-state index contributed by atoms with van der Waals surface area (Å²) in [5.41, 5.74) is 0.727. The normalized spacial score (nSPS) is 56.9. The molecule has 10 saturated carbocycles. The van der Waals surface area contributed by atoms with E-state index in [0.717, 1.165) is 82.6 Å². The van der Waals surface area contributed by atoms with Crippen molar-refractivity contribution in [2.24, 2.45) is 76.4 Å². The van der Waals surface area contributed by atoms with Crippen LogP contribution in [0.2, 0.25) is 0 Å². The molecule has 0 aromatic heterocycles. The highest BCUT2D eigenvalue weighted by Crippen LogP contribution is 2.78. The molecule has 2 saturated heterocycles. The Morgan fingerprint density at radius 3 is 1.65 bits per heavy atom. The second kappa shape index (κ2) is 13.5. The molecule has 52 heavy (non-hydrogen) atoms. The van der Waals surface area contributed by atoms with Crippen molar-refractivity contribution in [2.75, 3.05) is 0 Å². The quantitative estimate of drug-likeness (QED) is 0.291. The van der Waals surface area contributed by atoms with E-state index in [1.807, 2.05) is 0 Å². The van der Waals surface area contributed by atoms with Crippen LogP contribution in [0.15, 0.2) is 0 Å². The maximum Gasteiger partial charge on any atom is 0.0766 e. The minimum atomic E-state index is 0.511. The fraction of sp³-hybridized carbons (Fsp3) is 1.00. The summed E-state index contributed by atoms with van der Waals surface area (Å²) in [5, 5.41) is 0. The number of hydrogen-bond acceptors (Lipinski definition) is 3. The Bertz CT molecular complexity index is 1270. The number of nitrogens with zero attached hydrogens (tertiary/aromatic N) is 1. The van der Waals surface area contributed by atoms with Crippen LogP contribution in [0.3, 0.4) is 0 Å². The molecule has 1 spiro atoms. The van der Waals surface area contributed by atoms with E-state index in [-0.39, 0.29) is 0 Å². The molecule has 18 unspecified atom stereocenters. The van der Waals surface area contributed by atoms with Crippen LogP contribution >= 0.6 is 0 Å². The van der Waals surface area contributed by atoms with Gasteiger partial charge in [0.05, 0.1) is 24.4 Å². The molecule has 2 heterocycles. The molecule has 10 aliphatic carbocycles. The minimum absolute atomic E-state index is 0.511. The fourth-order valence-electron chi connectivity index (χ4n) is 20.2. The van der Waals surface area contributed by atoms with Crippen molar-refractivity contribution >= 4 is 0 Å². The zero-order chi connectivity index (χ0) is 34.0. The Hall–Kier alpha value is -0.120. The molecular weight excluding hydrogens is 635 g/mol. The van der Waals surface area contributed by atoms with Crippen molar-refractivity contribution in [1.82, 2.24) is 4.90 Å².